The molecule has 1 aliphatic heterocycles. The number of amides is 3. The number of piperazine rings is 1. The fourth-order valence-corrected chi connectivity index (χ4v) is 1.83. The van der Waals surface area contributed by atoms with E-state index in [0.717, 1.165) is 0 Å². The third kappa shape index (κ3) is 3.30. The monoisotopic (exact) mass is 265 g/mol. The smallest absolute Gasteiger partial charge is 0.323 e. The van der Waals surface area contributed by atoms with Crippen molar-refractivity contribution in [1.82, 2.24) is 20.0 Å². The van der Waals surface area contributed by atoms with Crippen LogP contribution in [0.4, 0.5) is 10.6 Å². The quantitative estimate of drug-likeness (QED) is 0.712. The van der Waals surface area contributed by atoms with Crippen molar-refractivity contribution in [3.05, 3.63) is 22.5 Å². The summed E-state index contributed by atoms with van der Waals surface area (Å²) in [5.74, 6) is 0.306. The fourth-order valence-electron chi connectivity index (χ4n) is 1.83. The summed E-state index contributed by atoms with van der Waals surface area (Å²) < 4.78 is 0. The van der Waals surface area contributed by atoms with E-state index in [4.69, 9.17) is 0 Å². The second kappa shape index (κ2) is 5.51. The summed E-state index contributed by atoms with van der Waals surface area (Å²) in [6.45, 7) is 3.53. The predicted molar refractivity (Wildman–Crippen MR) is 67.7 cm³/mol. The summed E-state index contributed by atoms with van der Waals surface area (Å²) in [7, 11) is 0. The molecule has 0 saturated carbocycles. The third-order valence-corrected chi connectivity index (χ3v) is 2.93. The Morgan fingerprint density at radius 2 is 1.84 bits per heavy atom. The Morgan fingerprint density at radius 3 is 2.37 bits per heavy atom. The van der Waals surface area contributed by atoms with Gasteiger partial charge in [0.1, 0.15) is 0 Å². The summed E-state index contributed by atoms with van der Waals surface area (Å²) in [6.07, 6.45) is 0. The molecule has 1 saturated heterocycles. The second-order valence-corrected chi connectivity index (χ2v) is 4.23. The number of H-pyrrole nitrogens is 1. The fraction of sp³-hybridized carbons (Fsp3) is 0.455. The molecule has 2 heterocycles. The number of aromatic nitrogens is 2. The first-order valence-corrected chi connectivity index (χ1v) is 5.93. The average molecular weight is 265 g/mol. The molecule has 1 aromatic rings. The maximum absolute atomic E-state index is 11.9. The molecule has 2 rings (SSSR count). The summed E-state index contributed by atoms with van der Waals surface area (Å²) >= 11 is 0. The first-order valence-electron chi connectivity index (χ1n) is 5.93. The Morgan fingerprint density at radius 1 is 1.21 bits per heavy atom. The van der Waals surface area contributed by atoms with E-state index in [0.29, 0.717) is 32.0 Å². The highest BCUT2D eigenvalue weighted by molar-refractivity contribution is 5.88. The molecule has 1 aromatic heterocycles. The van der Waals surface area contributed by atoms with Gasteiger partial charge in [0.2, 0.25) is 5.91 Å². The highest BCUT2D eigenvalue weighted by Crippen LogP contribution is 2.05. The molecule has 0 unspecified atom stereocenters. The molecule has 1 aliphatic rings. The number of rotatable bonds is 1. The standard InChI is InChI=1S/C11H15N5O3/c1-8(17)15-4-6-16(7-5-15)11(19)12-9-2-3-10(18)14-13-9/h2-3H,4-7H2,1H3,(H,14,18)(H,12,13,19). The summed E-state index contributed by atoms with van der Waals surface area (Å²) in [5.41, 5.74) is -0.326. The number of nitrogens with zero attached hydrogens (tertiary/aromatic N) is 3. The van der Waals surface area contributed by atoms with Crippen LogP contribution < -0.4 is 10.9 Å². The van der Waals surface area contributed by atoms with Crippen molar-refractivity contribution in [1.29, 1.82) is 0 Å². The lowest BCUT2D eigenvalue weighted by Crippen LogP contribution is -2.51. The van der Waals surface area contributed by atoms with E-state index in [1.165, 1.54) is 19.1 Å². The molecule has 0 aliphatic carbocycles. The van der Waals surface area contributed by atoms with Crippen LogP contribution in [0.1, 0.15) is 6.92 Å². The molecule has 0 radical (unpaired) electrons. The first-order chi connectivity index (χ1) is 9.06. The van der Waals surface area contributed by atoms with E-state index < -0.39 is 0 Å². The van der Waals surface area contributed by atoms with Crippen molar-refractivity contribution in [3.8, 4) is 0 Å². The van der Waals surface area contributed by atoms with Crippen molar-refractivity contribution >= 4 is 17.8 Å². The molecule has 3 amide bonds. The van der Waals surface area contributed by atoms with Crippen LogP contribution in [0.15, 0.2) is 16.9 Å². The Labute approximate surface area is 109 Å². The summed E-state index contributed by atoms with van der Waals surface area (Å²) in [4.78, 5) is 37.2. The number of anilines is 1. The van der Waals surface area contributed by atoms with Crippen LogP contribution >= 0.6 is 0 Å². The lowest BCUT2D eigenvalue weighted by atomic mass is 10.3. The van der Waals surface area contributed by atoms with E-state index >= 15 is 0 Å². The number of nitrogens with one attached hydrogen (secondary N) is 2. The van der Waals surface area contributed by atoms with Crippen LogP contribution in [-0.4, -0.2) is 58.1 Å². The van der Waals surface area contributed by atoms with Crippen molar-refractivity contribution < 1.29 is 9.59 Å². The highest BCUT2D eigenvalue weighted by atomic mass is 16.2. The molecule has 102 valence electrons. The minimum absolute atomic E-state index is 0.0161. The molecule has 8 nitrogen and oxygen atoms in total. The molecule has 0 bridgehead atoms. The van der Waals surface area contributed by atoms with Crippen molar-refractivity contribution in [2.75, 3.05) is 31.5 Å². The van der Waals surface area contributed by atoms with Crippen LogP contribution in [0.5, 0.6) is 0 Å². The first kappa shape index (κ1) is 13.1. The van der Waals surface area contributed by atoms with Crippen LogP contribution in [0.2, 0.25) is 0 Å². The van der Waals surface area contributed by atoms with Gasteiger partial charge in [-0.2, -0.15) is 5.10 Å². The van der Waals surface area contributed by atoms with Gasteiger partial charge in [0.15, 0.2) is 5.82 Å². The zero-order valence-electron chi connectivity index (χ0n) is 10.5. The van der Waals surface area contributed by atoms with Crippen LogP contribution in [0.3, 0.4) is 0 Å². The van der Waals surface area contributed by atoms with Crippen molar-refractivity contribution in [3.63, 3.8) is 0 Å². The third-order valence-electron chi connectivity index (χ3n) is 2.93. The Bertz CT molecular complexity index is 513. The van der Waals surface area contributed by atoms with E-state index in [2.05, 4.69) is 15.5 Å². The van der Waals surface area contributed by atoms with Gasteiger partial charge >= 0.3 is 6.03 Å². The number of hydrogen-bond acceptors (Lipinski definition) is 4. The van der Waals surface area contributed by atoms with Crippen LogP contribution in [0, 0.1) is 0 Å². The van der Waals surface area contributed by atoms with Gasteiger partial charge in [-0.05, 0) is 6.07 Å². The molecule has 8 heteroatoms. The van der Waals surface area contributed by atoms with E-state index in [9.17, 15) is 14.4 Å². The maximum Gasteiger partial charge on any atom is 0.323 e. The molecule has 0 aromatic carbocycles. The van der Waals surface area contributed by atoms with Gasteiger partial charge < -0.3 is 9.80 Å². The molecule has 0 atom stereocenters. The SMILES string of the molecule is CC(=O)N1CCN(C(=O)Nc2ccc(=O)[nH]n2)CC1. The second-order valence-electron chi connectivity index (χ2n) is 4.23. The van der Waals surface area contributed by atoms with Gasteiger partial charge in [0, 0.05) is 39.2 Å². The normalized spacial score (nSPS) is 15.2. The van der Waals surface area contributed by atoms with Crippen molar-refractivity contribution in [2.45, 2.75) is 6.92 Å². The number of carbonyl (C=O) groups is 2. The number of urea groups is 1. The molecule has 2 N–H and O–H groups in total. The number of aromatic amines is 1. The molecule has 19 heavy (non-hydrogen) atoms. The maximum atomic E-state index is 11.9. The van der Waals surface area contributed by atoms with Gasteiger partial charge in [0.25, 0.3) is 5.56 Å². The largest absolute Gasteiger partial charge is 0.339 e. The van der Waals surface area contributed by atoms with Crippen LogP contribution in [-0.2, 0) is 4.79 Å². The molecule has 0 spiro atoms. The van der Waals surface area contributed by atoms with Crippen molar-refractivity contribution in [2.24, 2.45) is 0 Å². The number of carbonyl (C=O) groups excluding carboxylic acids is 2. The summed E-state index contributed by atoms with van der Waals surface area (Å²) in [5, 5.41) is 8.52. The van der Waals surface area contributed by atoms with Crippen LogP contribution in [0.25, 0.3) is 0 Å². The minimum Gasteiger partial charge on any atom is -0.339 e. The lowest BCUT2D eigenvalue weighted by molar-refractivity contribution is -0.130. The topological polar surface area (TPSA) is 98.4 Å². The Hall–Kier alpha value is -2.38. The average Bonchev–Trinajstić information content (AvgIpc) is 2.41. The molecular formula is C11H15N5O3. The van der Waals surface area contributed by atoms with Gasteiger partial charge in [-0.15, -0.1) is 0 Å². The molecule has 1 fully saturated rings. The Balaban J connectivity index is 1.89. The van der Waals surface area contributed by atoms with E-state index in [1.807, 2.05) is 0 Å². The molecular weight excluding hydrogens is 250 g/mol. The lowest BCUT2D eigenvalue weighted by Gasteiger charge is -2.33. The van der Waals surface area contributed by atoms with Gasteiger partial charge in [-0.1, -0.05) is 0 Å². The summed E-state index contributed by atoms with van der Waals surface area (Å²) in [6, 6.07) is 2.43. The zero-order chi connectivity index (χ0) is 13.8. The van der Waals surface area contributed by atoms with Gasteiger partial charge in [0.05, 0.1) is 0 Å². The minimum atomic E-state index is -0.326. The van der Waals surface area contributed by atoms with E-state index in [1.54, 1.807) is 9.80 Å². The zero-order valence-corrected chi connectivity index (χ0v) is 10.5. The van der Waals surface area contributed by atoms with Gasteiger partial charge in [-0.3, -0.25) is 14.9 Å². The predicted octanol–water partition coefficient (Wildman–Crippen LogP) is -0.534. The highest BCUT2D eigenvalue weighted by Gasteiger charge is 2.22. The number of hydrogen-bond donors (Lipinski definition) is 2. The van der Waals surface area contributed by atoms with Gasteiger partial charge in [-0.25, -0.2) is 9.89 Å². The Kier molecular flexibility index (Phi) is 3.79. The van der Waals surface area contributed by atoms with E-state index in [-0.39, 0.29) is 17.5 Å².